The first-order chi connectivity index (χ1) is 6.79. The van der Waals surface area contributed by atoms with Gasteiger partial charge in [0.15, 0.2) is 5.58 Å². The standard InChI is InChI=1S/C9H10N2O3/c10-3-4-13-6-1-2-7-8(5-6)14-9(12)11-7/h1-2,5H,3-4,10H2,(H,11,12). The molecule has 5 heteroatoms. The van der Waals surface area contributed by atoms with Crippen molar-refractivity contribution in [3.63, 3.8) is 0 Å². The third-order valence-electron chi connectivity index (χ3n) is 1.78. The normalized spacial score (nSPS) is 10.6. The third-order valence-corrected chi connectivity index (χ3v) is 1.78. The number of nitrogens with one attached hydrogen (secondary N) is 1. The Morgan fingerprint density at radius 3 is 3.14 bits per heavy atom. The van der Waals surface area contributed by atoms with Crippen LogP contribution in [0.5, 0.6) is 5.75 Å². The van der Waals surface area contributed by atoms with Crippen molar-refractivity contribution in [3.8, 4) is 5.75 Å². The van der Waals surface area contributed by atoms with E-state index in [0.717, 1.165) is 0 Å². The Balaban J connectivity index is 2.35. The first kappa shape index (κ1) is 8.83. The van der Waals surface area contributed by atoms with Crippen LogP contribution in [-0.4, -0.2) is 18.1 Å². The molecule has 0 aliphatic carbocycles. The number of benzene rings is 1. The molecule has 0 radical (unpaired) electrons. The number of oxazole rings is 1. The number of nitrogens with two attached hydrogens (primary N) is 1. The highest BCUT2D eigenvalue weighted by atomic mass is 16.5. The molecule has 14 heavy (non-hydrogen) atoms. The van der Waals surface area contributed by atoms with Gasteiger partial charge in [0.25, 0.3) is 0 Å². The summed E-state index contributed by atoms with van der Waals surface area (Å²) in [6, 6.07) is 5.14. The van der Waals surface area contributed by atoms with Crippen LogP contribution in [0.25, 0.3) is 11.1 Å². The van der Waals surface area contributed by atoms with Crippen LogP contribution in [0.2, 0.25) is 0 Å². The van der Waals surface area contributed by atoms with Crippen molar-refractivity contribution in [2.75, 3.05) is 13.2 Å². The van der Waals surface area contributed by atoms with E-state index in [1.54, 1.807) is 18.2 Å². The SMILES string of the molecule is NCCOc1ccc2[nH]c(=O)oc2c1. The molecule has 0 aliphatic rings. The van der Waals surface area contributed by atoms with Crippen LogP contribution < -0.4 is 16.2 Å². The fourth-order valence-corrected chi connectivity index (χ4v) is 1.19. The van der Waals surface area contributed by atoms with Crippen molar-refractivity contribution < 1.29 is 9.15 Å². The Kier molecular flexibility index (Phi) is 2.24. The summed E-state index contributed by atoms with van der Waals surface area (Å²) in [5, 5.41) is 0. The van der Waals surface area contributed by atoms with Crippen molar-refractivity contribution in [3.05, 3.63) is 28.7 Å². The summed E-state index contributed by atoms with van der Waals surface area (Å²) >= 11 is 0. The molecule has 5 nitrogen and oxygen atoms in total. The van der Waals surface area contributed by atoms with Crippen LogP contribution in [0.1, 0.15) is 0 Å². The maximum absolute atomic E-state index is 10.8. The predicted molar refractivity (Wildman–Crippen MR) is 51.4 cm³/mol. The van der Waals surface area contributed by atoms with Gasteiger partial charge in [-0.1, -0.05) is 0 Å². The van der Waals surface area contributed by atoms with Crippen LogP contribution in [0, 0.1) is 0 Å². The first-order valence-corrected chi connectivity index (χ1v) is 4.25. The van der Waals surface area contributed by atoms with E-state index in [9.17, 15) is 4.79 Å². The second-order valence-corrected chi connectivity index (χ2v) is 2.81. The van der Waals surface area contributed by atoms with E-state index in [1.165, 1.54) is 0 Å². The predicted octanol–water partition coefficient (Wildman–Crippen LogP) is 0.459. The van der Waals surface area contributed by atoms with Gasteiger partial charge in [0.05, 0.1) is 5.52 Å². The molecule has 2 rings (SSSR count). The van der Waals surface area contributed by atoms with Crippen molar-refractivity contribution in [1.82, 2.24) is 4.98 Å². The number of rotatable bonds is 3. The lowest BCUT2D eigenvalue weighted by Crippen LogP contribution is -2.10. The molecule has 0 fully saturated rings. The molecular weight excluding hydrogens is 184 g/mol. The number of hydrogen-bond donors (Lipinski definition) is 2. The van der Waals surface area contributed by atoms with Gasteiger partial charge in [0.1, 0.15) is 12.4 Å². The molecule has 74 valence electrons. The average molecular weight is 194 g/mol. The molecule has 1 aromatic heterocycles. The zero-order valence-electron chi connectivity index (χ0n) is 7.45. The number of aromatic nitrogens is 1. The molecule has 0 aliphatic heterocycles. The summed E-state index contributed by atoms with van der Waals surface area (Å²) in [6.07, 6.45) is 0. The molecule has 0 saturated heterocycles. The number of H-pyrrole nitrogens is 1. The molecule has 1 heterocycles. The van der Waals surface area contributed by atoms with Crippen LogP contribution in [-0.2, 0) is 0 Å². The van der Waals surface area contributed by atoms with Gasteiger partial charge in [-0.15, -0.1) is 0 Å². The van der Waals surface area contributed by atoms with E-state index in [0.29, 0.717) is 30.0 Å². The summed E-state index contributed by atoms with van der Waals surface area (Å²) in [5.74, 6) is 0.182. The number of aromatic amines is 1. The molecule has 0 spiro atoms. The highest BCUT2D eigenvalue weighted by Gasteiger charge is 2.01. The molecule has 1 aromatic carbocycles. The van der Waals surface area contributed by atoms with Gasteiger partial charge in [-0.25, -0.2) is 4.79 Å². The number of fused-ring (bicyclic) bond motifs is 1. The monoisotopic (exact) mass is 194 g/mol. The lowest BCUT2D eigenvalue weighted by Gasteiger charge is -2.02. The third kappa shape index (κ3) is 1.62. The lowest BCUT2D eigenvalue weighted by molar-refractivity contribution is 0.328. The van der Waals surface area contributed by atoms with Crippen LogP contribution in [0.3, 0.4) is 0 Å². The van der Waals surface area contributed by atoms with E-state index in [4.69, 9.17) is 14.9 Å². The van der Waals surface area contributed by atoms with E-state index in [-0.39, 0.29) is 0 Å². The summed E-state index contributed by atoms with van der Waals surface area (Å²) in [4.78, 5) is 13.4. The zero-order valence-corrected chi connectivity index (χ0v) is 7.45. The largest absolute Gasteiger partial charge is 0.492 e. The Labute approximate surface area is 79.5 Å². The van der Waals surface area contributed by atoms with Crippen molar-refractivity contribution in [2.45, 2.75) is 0 Å². The fourth-order valence-electron chi connectivity index (χ4n) is 1.19. The maximum Gasteiger partial charge on any atom is 0.417 e. The Morgan fingerprint density at radius 2 is 2.36 bits per heavy atom. The van der Waals surface area contributed by atoms with Crippen molar-refractivity contribution in [1.29, 1.82) is 0 Å². The Bertz CT molecular complexity index is 486. The topological polar surface area (TPSA) is 81.2 Å². The fraction of sp³-hybridized carbons (Fsp3) is 0.222. The quantitative estimate of drug-likeness (QED) is 0.743. The highest BCUT2D eigenvalue weighted by Crippen LogP contribution is 2.17. The molecule has 0 bridgehead atoms. The second-order valence-electron chi connectivity index (χ2n) is 2.81. The Hall–Kier alpha value is -1.75. The van der Waals surface area contributed by atoms with Gasteiger partial charge >= 0.3 is 5.76 Å². The van der Waals surface area contributed by atoms with Gasteiger partial charge in [-0.05, 0) is 12.1 Å². The number of ether oxygens (including phenoxy) is 1. The van der Waals surface area contributed by atoms with Gasteiger partial charge < -0.3 is 14.9 Å². The van der Waals surface area contributed by atoms with Crippen LogP contribution in [0.15, 0.2) is 27.4 Å². The zero-order chi connectivity index (χ0) is 9.97. The minimum absolute atomic E-state index is 0.445. The summed E-state index contributed by atoms with van der Waals surface area (Å²) in [6.45, 7) is 0.898. The van der Waals surface area contributed by atoms with Crippen LogP contribution >= 0.6 is 0 Å². The van der Waals surface area contributed by atoms with Gasteiger partial charge in [0, 0.05) is 12.6 Å². The summed E-state index contributed by atoms with van der Waals surface area (Å²) in [5.41, 5.74) is 6.44. The van der Waals surface area contributed by atoms with Gasteiger partial charge in [-0.2, -0.15) is 0 Å². The van der Waals surface area contributed by atoms with Crippen molar-refractivity contribution >= 4 is 11.1 Å². The van der Waals surface area contributed by atoms with Crippen molar-refractivity contribution in [2.24, 2.45) is 5.73 Å². The first-order valence-electron chi connectivity index (χ1n) is 4.25. The Morgan fingerprint density at radius 1 is 1.50 bits per heavy atom. The van der Waals surface area contributed by atoms with E-state index in [1.807, 2.05) is 0 Å². The minimum Gasteiger partial charge on any atom is -0.492 e. The minimum atomic E-state index is -0.462. The molecule has 2 aromatic rings. The lowest BCUT2D eigenvalue weighted by atomic mass is 10.3. The maximum atomic E-state index is 10.8. The summed E-state index contributed by atoms with van der Waals surface area (Å²) in [7, 11) is 0. The smallest absolute Gasteiger partial charge is 0.417 e. The van der Waals surface area contributed by atoms with E-state index < -0.39 is 5.76 Å². The molecule has 0 saturated carbocycles. The molecule has 0 atom stereocenters. The average Bonchev–Trinajstić information content (AvgIpc) is 2.54. The van der Waals surface area contributed by atoms with E-state index >= 15 is 0 Å². The molecule has 3 N–H and O–H groups in total. The molecular formula is C9H10N2O3. The molecule has 0 unspecified atom stereocenters. The van der Waals surface area contributed by atoms with Crippen LogP contribution in [0.4, 0.5) is 0 Å². The number of hydrogen-bond acceptors (Lipinski definition) is 4. The van der Waals surface area contributed by atoms with Gasteiger partial charge in [0.2, 0.25) is 0 Å². The molecule has 0 amide bonds. The summed E-state index contributed by atoms with van der Waals surface area (Å²) < 4.78 is 10.1. The highest BCUT2D eigenvalue weighted by molar-refractivity contribution is 5.73. The van der Waals surface area contributed by atoms with Gasteiger partial charge in [-0.3, -0.25) is 4.98 Å². The second kappa shape index (κ2) is 3.55. The van der Waals surface area contributed by atoms with E-state index in [2.05, 4.69) is 4.98 Å².